The van der Waals surface area contributed by atoms with E-state index in [1.54, 1.807) is 0 Å². The van der Waals surface area contributed by atoms with Crippen LogP contribution in [0.25, 0.3) is 0 Å². The molecule has 1 amide bonds. The van der Waals surface area contributed by atoms with E-state index in [1.807, 2.05) is 11.0 Å². The minimum Gasteiger partial charge on any atom is -0.384 e. The number of thiophene rings is 1. The van der Waals surface area contributed by atoms with Gasteiger partial charge in [0.05, 0.1) is 9.75 Å². The van der Waals surface area contributed by atoms with Crippen LogP contribution in [0.2, 0.25) is 0 Å². The molecule has 0 aliphatic carbocycles. The van der Waals surface area contributed by atoms with E-state index in [9.17, 15) is 4.79 Å². The number of hydrogen-bond donors (Lipinski definition) is 1. The van der Waals surface area contributed by atoms with Crippen LogP contribution in [0.5, 0.6) is 0 Å². The molecule has 0 bridgehead atoms. The van der Waals surface area contributed by atoms with Gasteiger partial charge in [-0.3, -0.25) is 4.79 Å². The van der Waals surface area contributed by atoms with Gasteiger partial charge >= 0.3 is 0 Å². The predicted octanol–water partition coefficient (Wildman–Crippen LogP) is 2.44. The van der Waals surface area contributed by atoms with Crippen molar-refractivity contribution in [3.63, 3.8) is 0 Å². The van der Waals surface area contributed by atoms with E-state index in [2.05, 4.69) is 60.0 Å². The SMILES string of the molecule is CN(C)[C@@H]1CCN(c2ccc(N3CCc4cc(C#CCO)sc4C3=O)cc2)C1. The zero-order chi connectivity index (χ0) is 19.7. The van der Waals surface area contributed by atoms with Crippen LogP contribution in [0.15, 0.2) is 30.3 Å². The highest BCUT2D eigenvalue weighted by Crippen LogP contribution is 2.32. The summed E-state index contributed by atoms with van der Waals surface area (Å²) < 4.78 is 0. The highest BCUT2D eigenvalue weighted by molar-refractivity contribution is 7.14. The van der Waals surface area contributed by atoms with Crippen molar-refractivity contribution < 1.29 is 9.90 Å². The summed E-state index contributed by atoms with van der Waals surface area (Å²) in [6.07, 6.45) is 2.01. The van der Waals surface area contributed by atoms with Crippen LogP contribution < -0.4 is 9.80 Å². The van der Waals surface area contributed by atoms with E-state index in [4.69, 9.17) is 5.11 Å². The number of anilines is 2. The van der Waals surface area contributed by atoms with Crippen molar-refractivity contribution in [2.45, 2.75) is 18.9 Å². The third kappa shape index (κ3) is 3.66. The Bertz CT molecular complexity index is 923. The largest absolute Gasteiger partial charge is 0.384 e. The molecule has 1 saturated heterocycles. The Balaban J connectivity index is 1.49. The van der Waals surface area contributed by atoms with Gasteiger partial charge in [0, 0.05) is 37.1 Å². The van der Waals surface area contributed by atoms with Crippen molar-refractivity contribution in [3.05, 3.63) is 45.6 Å². The molecule has 2 aliphatic heterocycles. The number of nitrogens with zero attached hydrogens (tertiary/aromatic N) is 3. The average molecular weight is 396 g/mol. The molecule has 2 aliphatic rings. The summed E-state index contributed by atoms with van der Waals surface area (Å²) in [5, 5.41) is 8.87. The molecule has 2 aromatic rings. The Kier molecular flexibility index (Phi) is 5.40. The normalized spacial score (nSPS) is 19.0. The Morgan fingerprint density at radius 3 is 2.64 bits per heavy atom. The van der Waals surface area contributed by atoms with Crippen molar-refractivity contribution in [1.29, 1.82) is 0 Å². The van der Waals surface area contributed by atoms with Crippen LogP contribution in [-0.2, 0) is 6.42 Å². The molecule has 1 fully saturated rings. The molecule has 28 heavy (non-hydrogen) atoms. The quantitative estimate of drug-likeness (QED) is 0.811. The fraction of sp³-hybridized carbons (Fsp3) is 0.409. The molecule has 0 spiro atoms. The second-order valence-corrected chi connectivity index (χ2v) is 8.55. The van der Waals surface area contributed by atoms with Crippen molar-refractivity contribution >= 4 is 28.6 Å². The second kappa shape index (κ2) is 7.96. The molecule has 4 rings (SSSR count). The Hall–Kier alpha value is -2.33. The first-order valence-electron chi connectivity index (χ1n) is 9.62. The Morgan fingerprint density at radius 2 is 1.96 bits per heavy atom. The lowest BCUT2D eigenvalue weighted by atomic mass is 10.1. The maximum atomic E-state index is 13.0. The first kappa shape index (κ1) is 19.0. The third-order valence-corrected chi connectivity index (χ3v) is 6.64. The van der Waals surface area contributed by atoms with Crippen molar-refractivity contribution in [2.24, 2.45) is 0 Å². The lowest BCUT2D eigenvalue weighted by Gasteiger charge is -2.27. The molecular weight excluding hydrogens is 370 g/mol. The number of likely N-dealkylation sites (N-methyl/N-ethyl adjacent to an activating group) is 1. The molecule has 6 heteroatoms. The monoisotopic (exact) mass is 395 g/mol. The van der Waals surface area contributed by atoms with Crippen molar-refractivity contribution in [3.8, 4) is 11.8 Å². The third-order valence-electron chi connectivity index (χ3n) is 5.56. The fourth-order valence-electron chi connectivity index (χ4n) is 3.93. The van der Waals surface area contributed by atoms with Crippen LogP contribution in [0.3, 0.4) is 0 Å². The first-order valence-corrected chi connectivity index (χ1v) is 10.4. The van der Waals surface area contributed by atoms with Crippen LogP contribution in [0.1, 0.15) is 26.5 Å². The molecule has 0 unspecified atom stereocenters. The minimum atomic E-state index is -0.165. The summed E-state index contributed by atoms with van der Waals surface area (Å²) in [7, 11) is 4.28. The van der Waals surface area contributed by atoms with Crippen molar-refractivity contribution in [2.75, 3.05) is 50.1 Å². The van der Waals surface area contributed by atoms with Gasteiger partial charge in [0.25, 0.3) is 5.91 Å². The second-order valence-electron chi connectivity index (χ2n) is 7.50. The van der Waals surface area contributed by atoms with Gasteiger partial charge in [0.15, 0.2) is 0 Å². The van der Waals surface area contributed by atoms with E-state index in [-0.39, 0.29) is 12.5 Å². The van der Waals surface area contributed by atoms with Crippen LogP contribution in [0.4, 0.5) is 11.4 Å². The molecule has 0 saturated carbocycles. The Labute approximate surface area is 170 Å². The van der Waals surface area contributed by atoms with Gasteiger partial charge in [0.2, 0.25) is 0 Å². The van der Waals surface area contributed by atoms with E-state index in [1.165, 1.54) is 23.4 Å². The van der Waals surface area contributed by atoms with E-state index in [0.717, 1.165) is 40.5 Å². The standard InChI is InChI=1S/C22H25N3O2S/c1-23(2)19-10-11-24(15-19)17-5-7-18(8-6-17)25-12-9-16-14-20(4-3-13-26)28-21(16)22(25)27/h5-8,14,19,26H,9-13,15H2,1-2H3/t19-/m1/s1. The van der Waals surface area contributed by atoms with Gasteiger partial charge in [-0.25, -0.2) is 0 Å². The zero-order valence-corrected chi connectivity index (χ0v) is 17.1. The van der Waals surface area contributed by atoms with Gasteiger partial charge < -0.3 is 19.8 Å². The molecule has 1 atom stereocenters. The number of hydrogen-bond acceptors (Lipinski definition) is 5. The summed E-state index contributed by atoms with van der Waals surface area (Å²) in [6.45, 7) is 2.63. The number of carbonyl (C=O) groups excluding carboxylic acids is 1. The van der Waals surface area contributed by atoms with E-state index < -0.39 is 0 Å². The minimum absolute atomic E-state index is 0.0462. The molecule has 3 heterocycles. The number of rotatable bonds is 3. The van der Waals surface area contributed by atoms with Gasteiger partial charge in [0.1, 0.15) is 6.61 Å². The molecule has 146 valence electrons. The number of fused-ring (bicyclic) bond motifs is 1. The van der Waals surface area contributed by atoms with Crippen LogP contribution in [0, 0.1) is 11.8 Å². The number of aliphatic hydroxyl groups is 1. The number of amides is 1. The molecule has 0 radical (unpaired) electrons. The highest BCUT2D eigenvalue weighted by atomic mass is 32.1. The zero-order valence-electron chi connectivity index (χ0n) is 16.3. The molecule has 1 aromatic carbocycles. The smallest absolute Gasteiger partial charge is 0.268 e. The summed E-state index contributed by atoms with van der Waals surface area (Å²) in [5.41, 5.74) is 3.23. The summed E-state index contributed by atoms with van der Waals surface area (Å²) in [6, 6.07) is 11.0. The predicted molar refractivity (Wildman–Crippen MR) is 114 cm³/mol. The molecule has 1 N–H and O–H groups in total. The lowest BCUT2D eigenvalue weighted by molar-refractivity contribution is 0.0985. The van der Waals surface area contributed by atoms with Gasteiger partial charge in [-0.05, 0) is 62.8 Å². The van der Waals surface area contributed by atoms with Crippen LogP contribution >= 0.6 is 11.3 Å². The molecular formula is C22H25N3O2S. The van der Waals surface area contributed by atoms with Crippen molar-refractivity contribution in [1.82, 2.24) is 4.90 Å². The van der Waals surface area contributed by atoms with Gasteiger partial charge in [-0.15, -0.1) is 11.3 Å². The summed E-state index contributed by atoms with van der Waals surface area (Å²) in [4.78, 5) is 21.2. The maximum absolute atomic E-state index is 13.0. The highest BCUT2D eigenvalue weighted by Gasteiger charge is 2.28. The fourth-order valence-corrected chi connectivity index (χ4v) is 4.96. The number of carbonyl (C=O) groups is 1. The van der Waals surface area contributed by atoms with Gasteiger partial charge in [-0.1, -0.05) is 11.8 Å². The molecule has 5 nitrogen and oxygen atoms in total. The maximum Gasteiger partial charge on any atom is 0.268 e. The summed E-state index contributed by atoms with van der Waals surface area (Å²) >= 11 is 1.42. The topological polar surface area (TPSA) is 47.0 Å². The lowest BCUT2D eigenvalue weighted by Crippen LogP contribution is -2.36. The number of aliphatic hydroxyl groups excluding tert-OH is 1. The Morgan fingerprint density at radius 1 is 1.21 bits per heavy atom. The molecule has 1 aromatic heterocycles. The van der Waals surface area contributed by atoms with E-state index >= 15 is 0 Å². The van der Waals surface area contributed by atoms with Gasteiger partial charge in [-0.2, -0.15) is 0 Å². The van der Waals surface area contributed by atoms with Crippen LogP contribution in [-0.4, -0.2) is 62.3 Å². The van der Waals surface area contributed by atoms with E-state index in [0.29, 0.717) is 12.6 Å². The number of benzene rings is 1. The summed E-state index contributed by atoms with van der Waals surface area (Å²) in [5.74, 6) is 5.62. The first-order chi connectivity index (χ1) is 13.6. The average Bonchev–Trinajstić information content (AvgIpc) is 3.35.